The summed E-state index contributed by atoms with van der Waals surface area (Å²) in [4.78, 5) is 6.66. The van der Waals surface area contributed by atoms with Crippen molar-refractivity contribution in [2.75, 3.05) is 34.4 Å². The standard InChI is InChI=1S/C17H27N3O3/c1-12-5-7-20(8-6-12)17(18-2)19-11-13-9-14(22-3)16(21)15(10-13)23-4/h9-10,12,21H,5-8,11H2,1-4H3,(H,18,19). The van der Waals surface area contributed by atoms with Crippen LogP contribution in [0.4, 0.5) is 0 Å². The van der Waals surface area contributed by atoms with Crippen molar-refractivity contribution >= 4 is 5.96 Å². The van der Waals surface area contributed by atoms with Gasteiger partial charge in [-0.1, -0.05) is 6.92 Å². The van der Waals surface area contributed by atoms with Crippen molar-refractivity contribution in [2.24, 2.45) is 10.9 Å². The number of benzene rings is 1. The number of phenols is 1. The van der Waals surface area contributed by atoms with Crippen LogP contribution in [0.25, 0.3) is 0 Å². The fraction of sp³-hybridized carbons (Fsp3) is 0.588. The second-order valence-corrected chi connectivity index (χ2v) is 5.92. The molecule has 6 heteroatoms. The highest BCUT2D eigenvalue weighted by molar-refractivity contribution is 5.80. The van der Waals surface area contributed by atoms with Crippen LogP contribution in [0, 0.1) is 5.92 Å². The molecule has 2 N–H and O–H groups in total. The Morgan fingerprint density at radius 2 is 1.83 bits per heavy atom. The number of phenolic OH excluding ortho intramolecular Hbond substituents is 1. The van der Waals surface area contributed by atoms with Gasteiger partial charge in [0.2, 0.25) is 5.75 Å². The van der Waals surface area contributed by atoms with Gasteiger partial charge in [-0.3, -0.25) is 4.99 Å². The maximum atomic E-state index is 9.96. The second-order valence-electron chi connectivity index (χ2n) is 5.92. The van der Waals surface area contributed by atoms with E-state index < -0.39 is 0 Å². The van der Waals surface area contributed by atoms with Gasteiger partial charge in [-0.25, -0.2) is 0 Å². The quantitative estimate of drug-likeness (QED) is 0.657. The van der Waals surface area contributed by atoms with Crippen LogP contribution in [-0.2, 0) is 6.54 Å². The van der Waals surface area contributed by atoms with E-state index in [0.29, 0.717) is 18.0 Å². The van der Waals surface area contributed by atoms with Crippen molar-refractivity contribution in [3.8, 4) is 17.2 Å². The third-order valence-corrected chi connectivity index (χ3v) is 4.29. The third kappa shape index (κ3) is 4.21. The fourth-order valence-electron chi connectivity index (χ4n) is 2.78. The Morgan fingerprint density at radius 1 is 1.26 bits per heavy atom. The van der Waals surface area contributed by atoms with Gasteiger partial charge in [0.1, 0.15) is 0 Å². The van der Waals surface area contributed by atoms with Crippen LogP contribution in [0.2, 0.25) is 0 Å². The molecule has 0 bridgehead atoms. The zero-order valence-corrected chi connectivity index (χ0v) is 14.4. The number of nitrogens with one attached hydrogen (secondary N) is 1. The molecule has 1 aliphatic rings. The third-order valence-electron chi connectivity index (χ3n) is 4.29. The van der Waals surface area contributed by atoms with Gasteiger partial charge in [-0.2, -0.15) is 0 Å². The molecule has 0 aromatic heterocycles. The van der Waals surface area contributed by atoms with Gasteiger partial charge in [0.15, 0.2) is 17.5 Å². The van der Waals surface area contributed by atoms with E-state index in [-0.39, 0.29) is 5.75 Å². The lowest BCUT2D eigenvalue weighted by Gasteiger charge is -2.33. The summed E-state index contributed by atoms with van der Waals surface area (Å²) < 4.78 is 10.4. The van der Waals surface area contributed by atoms with E-state index in [4.69, 9.17) is 9.47 Å². The summed E-state index contributed by atoms with van der Waals surface area (Å²) in [5.74, 6) is 2.52. The predicted octanol–water partition coefficient (Wildman–Crippen LogP) is 2.22. The molecule has 1 saturated heterocycles. The van der Waals surface area contributed by atoms with Gasteiger partial charge in [0.05, 0.1) is 14.2 Å². The molecule has 0 aliphatic carbocycles. The Hall–Kier alpha value is -2.11. The lowest BCUT2D eigenvalue weighted by Crippen LogP contribution is -2.45. The van der Waals surface area contributed by atoms with Crippen LogP contribution in [-0.4, -0.2) is 50.3 Å². The molecule has 2 rings (SSSR count). The first-order valence-corrected chi connectivity index (χ1v) is 7.98. The Kier molecular flexibility index (Phi) is 5.96. The lowest BCUT2D eigenvalue weighted by atomic mass is 9.99. The van der Waals surface area contributed by atoms with Crippen molar-refractivity contribution in [3.63, 3.8) is 0 Å². The normalized spacial score (nSPS) is 16.3. The van der Waals surface area contributed by atoms with Gasteiger partial charge >= 0.3 is 0 Å². The average molecular weight is 321 g/mol. The molecular weight excluding hydrogens is 294 g/mol. The molecule has 23 heavy (non-hydrogen) atoms. The number of likely N-dealkylation sites (tertiary alicyclic amines) is 1. The number of guanidine groups is 1. The molecule has 0 unspecified atom stereocenters. The largest absolute Gasteiger partial charge is 0.502 e. The Morgan fingerprint density at radius 3 is 2.30 bits per heavy atom. The van der Waals surface area contributed by atoms with Crippen molar-refractivity contribution in [1.82, 2.24) is 10.2 Å². The summed E-state index contributed by atoms with van der Waals surface area (Å²) >= 11 is 0. The molecular formula is C17H27N3O3. The first kappa shape index (κ1) is 17.2. The summed E-state index contributed by atoms with van der Waals surface area (Å²) in [5, 5.41) is 13.3. The van der Waals surface area contributed by atoms with Crippen molar-refractivity contribution in [3.05, 3.63) is 17.7 Å². The lowest BCUT2D eigenvalue weighted by molar-refractivity contribution is 0.273. The summed E-state index contributed by atoms with van der Waals surface area (Å²) in [6.07, 6.45) is 2.39. The maximum absolute atomic E-state index is 9.96. The molecule has 0 amide bonds. The first-order valence-electron chi connectivity index (χ1n) is 7.98. The zero-order valence-electron chi connectivity index (χ0n) is 14.4. The Bertz CT molecular complexity index is 527. The van der Waals surface area contributed by atoms with Crippen molar-refractivity contribution in [1.29, 1.82) is 0 Å². The number of ether oxygens (including phenoxy) is 2. The van der Waals surface area contributed by atoms with Crippen LogP contribution in [0.15, 0.2) is 17.1 Å². The smallest absolute Gasteiger partial charge is 0.200 e. The number of hydrogen-bond donors (Lipinski definition) is 2. The average Bonchev–Trinajstić information content (AvgIpc) is 2.57. The molecule has 1 aliphatic heterocycles. The molecule has 1 aromatic rings. The van der Waals surface area contributed by atoms with Gasteiger partial charge in [-0.15, -0.1) is 0 Å². The second kappa shape index (κ2) is 7.94. The molecule has 1 fully saturated rings. The summed E-state index contributed by atoms with van der Waals surface area (Å²) in [6, 6.07) is 3.60. The summed E-state index contributed by atoms with van der Waals surface area (Å²) in [5.41, 5.74) is 0.961. The highest BCUT2D eigenvalue weighted by Crippen LogP contribution is 2.37. The molecule has 6 nitrogen and oxygen atoms in total. The van der Waals surface area contributed by atoms with Crippen molar-refractivity contribution in [2.45, 2.75) is 26.3 Å². The summed E-state index contributed by atoms with van der Waals surface area (Å²) in [7, 11) is 4.86. The zero-order chi connectivity index (χ0) is 16.8. The van der Waals surface area contributed by atoms with Gasteiger partial charge in [0.25, 0.3) is 0 Å². The first-order chi connectivity index (χ1) is 11.1. The number of methoxy groups -OCH3 is 2. The number of piperidine rings is 1. The number of aromatic hydroxyl groups is 1. The van der Waals surface area contributed by atoms with E-state index in [1.54, 1.807) is 19.2 Å². The van der Waals surface area contributed by atoms with Crippen LogP contribution in [0.1, 0.15) is 25.3 Å². The van der Waals surface area contributed by atoms with Gasteiger partial charge in [0, 0.05) is 26.7 Å². The molecule has 0 radical (unpaired) electrons. The van der Waals surface area contributed by atoms with Gasteiger partial charge < -0.3 is 24.8 Å². The summed E-state index contributed by atoms with van der Waals surface area (Å²) in [6.45, 7) is 4.94. The van der Waals surface area contributed by atoms with Crippen LogP contribution >= 0.6 is 0 Å². The maximum Gasteiger partial charge on any atom is 0.200 e. The fourth-order valence-corrected chi connectivity index (χ4v) is 2.78. The van der Waals surface area contributed by atoms with Crippen LogP contribution < -0.4 is 14.8 Å². The minimum absolute atomic E-state index is 0.0214. The predicted molar refractivity (Wildman–Crippen MR) is 91.4 cm³/mol. The SMILES string of the molecule is CN=C(NCc1cc(OC)c(O)c(OC)c1)N1CCC(C)CC1. The molecule has 0 saturated carbocycles. The van der Waals surface area contributed by atoms with Crippen LogP contribution in [0.5, 0.6) is 17.2 Å². The minimum Gasteiger partial charge on any atom is -0.502 e. The highest BCUT2D eigenvalue weighted by atomic mass is 16.5. The van der Waals surface area contributed by atoms with Crippen LogP contribution in [0.3, 0.4) is 0 Å². The highest BCUT2D eigenvalue weighted by Gasteiger charge is 2.19. The molecule has 128 valence electrons. The van der Waals surface area contributed by atoms with E-state index in [1.165, 1.54) is 27.1 Å². The molecule has 1 heterocycles. The van der Waals surface area contributed by atoms with E-state index in [2.05, 4.69) is 22.1 Å². The van der Waals surface area contributed by atoms with E-state index >= 15 is 0 Å². The number of nitrogens with zero attached hydrogens (tertiary/aromatic N) is 2. The Balaban J connectivity index is 2.04. The van der Waals surface area contributed by atoms with E-state index in [1.807, 2.05) is 0 Å². The minimum atomic E-state index is 0.0214. The van der Waals surface area contributed by atoms with E-state index in [9.17, 15) is 5.11 Å². The molecule has 0 spiro atoms. The monoisotopic (exact) mass is 321 g/mol. The number of rotatable bonds is 4. The topological polar surface area (TPSA) is 66.3 Å². The Labute approximate surface area is 138 Å². The number of hydrogen-bond acceptors (Lipinski definition) is 4. The molecule has 0 atom stereocenters. The molecule has 1 aromatic carbocycles. The van der Waals surface area contributed by atoms with Gasteiger partial charge in [-0.05, 0) is 36.5 Å². The number of aliphatic imine (C=N–C) groups is 1. The van der Waals surface area contributed by atoms with Crippen molar-refractivity contribution < 1.29 is 14.6 Å². The van der Waals surface area contributed by atoms with E-state index in [0.717, 1.165) is 30.5 Å².